The zero-order valence-corrected chi connectivity index (χ0v) is 9.56. The Kier molecular flexibility index (Phi) is 2.57. The van der Waals surface area contributed by atoms with Crippen molar-refractivity contribution in [3.63, 3.8) is 0 Å². The average molecular weight is 242 g/mol. The lowest BCUT2D eigenvalue weighted by Crippen LogP contribution is -1.94. The number of nitrogens with zero attached hydrogens (tertiary/aromatic N) is 1. The third kappa shape index (κ3) is 1.76. The van der Waals surface area contributed by atoms with Crippen molar-refractivity contribution in [1.29, 1.82) is 0 Å². The Hall–Kier alpha value is -2.20. The van der Waals surface area contributed by atoms with Gasteiger partial charge in [-0.25, -0.2) is 9.37 Å². The van der Waals surface area contributed by atoms with Crippen molar-refractivity contribution < 1.29 is 8.81 Å². The van der Waals surface area contributed by atoms with Crippen LogP contribution in [-0.2, 0) is 6.54 Å². The molecule has 0 saturated heterocycles. The van der Waals surface area contributed by atoms with Crippen molar-refractivity contribution in [1.82, 2.24) is 4.98 Å². The van der Waals surface area contributed by atoms with Gasteiger partial charge in [-0.3, -0.25) is 0 Å². The van der Waals surface area contributed by atoms with Crippen LogP contribution in [0.5, 0.6) is 0 Å². The third-order valence-corrected chi connectivity index (χ3v) is 2.79. The lowest BCUT2D eigenvalue weighted by Gasteiger charge is -1.95. The summed E-state index contributed by atoms with van der Waals surface area (Å²) in [6.07, 6.45) is 0. The van der Waals surface area contributed by atoms with E-state index in [0.717, 1.165) is 5.56 Å². The predicted molar refractivity (Wildman–Crippen MR) is 67.3 cm³/mol. The number of aromatic nitrogens is 1. The van der Waals surface area contributed by atoms with Crippen molar-refractivity contribution in [3.05, 3.63) is 53.8 Å². The molecule has 90 valence electrons. The first kappa shape index (κ1) is 10.9. The molecule has 1 heterocycles. The van der Waals surface area contributed by atoms with Gasteiger partial charge in [-0.1, -0.05) is 18.2 Å². The molecule has 0 radical (unpaired) electrons. The molecule has 0 aliphatic carbocycles. The molecule has 0 bridgehead atoms. The highest BCUT2D eigenvalue weighted by Gasteiger charge is 2.11. The molecule has 0 atom stereocenters. The quantitative estimate of drug-likeness (QED) is 0.751. The summed E-state index contributed by atoms with van der Waals surface area (Å²) >= 11 is 0. The first-order valence-electron chi connectivity index (χ1n) is 5.62. The van der Waals surface area contributed by atoms with E-state index in [1.165, 1.54) is 6.07 Å². The van der Waals surface area contributed by atoms with E-state index in [9.17, 15) is 4.39 Å². The van der Waals surface area contributed by atoms with Crippen LogP contribution in [0, 0.1) is 5.82 Å². The van der Waals surface area contributed by atoms with Gasteiger partial charge in [0.05, 0.1) is 5.56 Å². The molecule has 0 fully saturated rings. The van der Waals surface area contributed by atoms with Gasteiger partial charge in [0.2, 0.25) is 5.89 Å². The average Bonchev–Trinajstić information content (AvgIpc) is 2.81. The first-order valence-corrected chi connectivity index (χ1v) is 5.62. The Labute approximate surface area is 103 Å². The smallest absolute Gasteiger partial charge is 0.230 e. The number of halogens is 1. The zero-order chi connectivity index (χ0) is 12.5. The molecule has 3 aromatic rings. The van der Waals surface area contributed by atoms with Crippen LogP contribution in [0.3, 0.4) is 0 Å². The van der Waals surface area contributed by atoms with Gasteiger partial charge in [0.1, 0.15) is 11.3 Å². The van der Waals surface area contributed by atoms with Gasteiger partial charge in [-0.15, -0.1) is 0 Å². The van der Waals surface area contributed by atoms with E-state index >= 15 is 0 Å². The van der Waals surface area contributed by atoms with E-state index in [1.807, 2.05) is 18.2 Å². The molecular weight excluding hydrogens is 231 g/mol. The van der Waals surface area contributed by atoms with Crippen LogP contribution < -0.4 is 5.73 Å². The summed E-state index contributed by atoms with van der Waals surface area (Å²) in [5.41, 5.74) is 8.20. The number of rotatable bonds is 2. The molecule has 0 unspecified atom stereocenters. The van der Waals surface area contributed by atoms with E-state index in [0.29, 0.717) is 23.2 Å². The van der Waals surface area contributed by atoms with Gasteiger partial charge < -0.3 is 10.2 Å². The van der Waals surface area contributed by atoms with Crippen molar-refractivity contribution in [2.75, 3.05) is 0 Å². The summed E-state index contributed by atoms with van der Waals surface area (Å²) in [6, 6.07) is 11.9. The van der Waals surface area contributed by atoms with Crippen molar-refractivity contribution in [3.8, 4) is 11.5 Å². The summed E-state index contributed by atoms with van der Waals surface area (Å²) in [7, 11) is 0. The van der Waals surface area contributed by atoms with Gasteiger partial charge >= 0.3 is 0 Å². The second-order valence-electron chi connectivity index (χ2n) is 4.01. The summed E-state index contributed by atoms with van der Waals surface area (Å²) < 4.78 is 19.2. The molecule has 2 N–H and O–H groups in total. The van der Waals surface area contributed by atoms with Crippen LogP contribution >= 0.6 is 0 Å². The summed E-state index contributed by atoms with van der Waals surface area (Å²) in [5, 5.41) is 0. The molecule has 0 amide bonds. The molecule has 3 nitrogen and oxygen atoms in total. The number of nitrogens with two attached hydrogens (primary N) is 1. The number of hydrogen-bond acceptors (Lipinski definition) is 3. The lowest BCUT2D eigenvalue weighted by molar-refractivity contribution is 0.593. The van der Waals surface area contributed by atoms with Crippen LogP contribution in [-0.4, -0.2) is 4.98 Å². The highest BCUT2D eigenvalue weighted by Crippen LogP contribution is 2.26. The number of fused-ring (bicyclic) bond motifs is 1. The predicted octanol–water partition coefficient (Wildman–Crippen LogP) is 3.09. The number of hydrogen-bond donors (Lipinski definition) is 1. The van der Waals surface area contributed by atoms with Crippen LogP contribution in [0.4, 0.5) is 4.39 Å². The maximum Gasteiger partial charge on any atom is 0.230 e. The van der Waals surface area contributed by atoms with E-state index in [2.05, 4.69) is 4.98 Å². The molecule has 1 aromatic heterocycles. The summed E-state index contributed by atoms with van der Waals surface area (Å²) in [6.45, 7) is 0.436. The van der Waals surface area contributed by atoms with E-state index in [4.69, 9.17) is 10.2 Å². The van der Waals surface area contributed by atoms with Crippen LogP contribution in [0.25, 0.3) is 22.6 Å². The Morgan fingerprint density at radius 1 is 1.17 bits per heavy atom. The molecule has 3 rings (SSSR count). The van der Waals surface area contributed by atoms with Gasteiger partial charge in [0.15, 0.2) is 5.58 Å². The topological polar surface area (TPSA) is 52.0 Å². The zero-order valence-electron chi connectivity index (χ0n) is 9.56. The van der Waals surface area contributed by atoms with Crippen molar-refractivity contribution in [2.45, 2.75) is 6.54 Å². The molecule has 18 heavy (non-hydrogen) atoms. The molecule has 0 aliphatic heterocycles. The minimum atomic E-state index is -0.344. The molecule has 4 heteroatoms. The third-order valence-electron chi connectivity index (χ3n) is 2.79. The molecule has 0 saturated carbocycles. The molecule has 0 aliphatic rings. The van der Waals surface area contributed by atoms with E-state index in [1.54, 1.807) is 18.2 Å². The fourth-order valence-corrected chi connectivity index (χ4v) is 1.85. The number of benzene rings is 2. The Balaban J connectivity index is 2.17. The van der Waals surface area contributed by atoms with Crippen LogP contribution in [0.1, 0.15) is 5.56 Å². The fourth-order valence-electron chi connectivity index (χ4n) is 1.85. The lowest BCUT2D eigenvalue weighted by atomic mass is 10.2. The minimum absolute atomic E-state index is 0.289. The largest absolute Gasteiger partial charge is 0.436 e. The van der Waals surface area contributed by atoms with Gasteiger partial charge in [-0.2, -0.15) is 0 Å². The van der Waals surface area contributed by atoms with E-state index in [-0.39, 0.29) is 11.7 Å². The van der Waals surface area contributed by atoms with Gasteiger partial charge in [0, 0.05) is 6.54 Å². The SMILES string of the molecule is NCc1ccc2nc(-c3ccccc3F)oc2c1. The second-order valence-corrected chi connectivity index (χ2v) is 4.01. The van der Waals surface area contributed by atoms with Crippen molar-refractivity contribution in [2.24, 2.45) is 5.73 Å². The maximum absolute atomic E-state index is 13.6. The van der Waals surface area contributed by atoms with Crippen LogP contribution in [0.15, 0.2) is 46.9 Å². The first-order chi connectivity index (χ1) is 8.78. The normalized spacial score (nSPS) is 11.0. The number of oxazole rings is 1. The Morgan fingerprint density at radius 2 is 2.00 bits per heavy atom. The minimum Gasteiger partial charge on any atom is -0.436 e. The van der Waals surface area contributed by atoms with Crippen LogP contribution in [0.2, 0.25) is 0 Å². The summed E-state index contributed by atoms with van der Waals surface area (Å²) in [4.78, 5) is 4.27. The molecular formula is C14H11FN2O. The van der Waals surface area contributed by atoms with Gasteiger partial charge in [-0.05, 0) is 29.8 Å². The van der Waals surface area contributed by atoms with E-state index < -0.39 is 0 Å². The highest BCUT2D eigenvalue weighted by atomic mass is 19.1. The second kappa shape index (κ2) is 4.23. The Morgan fingerprint density at radius 3 is 2.78 bits per heavy atom. The monoisotopic (exact) mass is 242 g/mol. The maximum atomic E-state index is 13.6. The standard InChI is InChI=1S/C14H11FN2O/c15-11-4-2-1-3-10(11)14-17-12-6-5-9(8-16)7-13(12)18-14/h1-7H,8,16H2. The molecule has 0 spiro atoms. The Bertz CT molecular complexity index is 706. The fraction of sp³-hybridized carbons (Fsp3) is 0.0714. The summed E-state index contributed by atoms with van der Waals surface area (Å²) in [5.74, 6) is -0.0552. The van der Waals surface area contributed by atoms with Crippen molar-refractivity contribution >= 4 is 11.1 Å². The van der Waals surface area contributed by atoms with Gasteiger partial charge in [0.25, 0.3) is 0 Å². The molecule has 2 aromatic carbocycles. The highest BCUT2D eigenvalue weighted by molar-refractivity contribution is 5.76.